The number of hydrogen-bond acceptors (Lipinski definition) is 8. The molecule has 1 atom stereocenters. The van der Waals surface area contributed by atoms with Crippen LogP contribution in [-0.2, 0) is 17.6 Å². The van der Waals surface area contributed by atoms with Crippen LogP contribution in [-0.4, -0.2) is 105 Å². The molecule has 3 aromatic heterocycles. The molecule has 12 heteroatoms. The van der Waals surface area contributed by atoms with E-state index >= 15 is 0 Å². The molecule has 0 bridgehead atoms. The third kappa shape index (κ3) is 7.38. The molecule has 1 fully saturated rings. The second-order valence-corrected chi connectivity index (χ2v) is 11.9. The summed E-state index contributed by atoms with van der Waals surface area (Å²) in [6.45, 7) is 6.27. The molecule has 1 aliphatic carbocycles. The van der Waals surface area contributed by atoms with Crippen molar-refractivity contribution in [2.75, 3.05) is 6.61 Å². The maximum Gasteiger partial charge on any atom is 0.439 e. The van der Waals surface area contributed by atoms with Gasteiger partial charge in [-0.2, -0.15) is 10.1 Å². The van der Waals surface area contributed by atoms with Crippen LogP contribution in [0.5, 0.6) is 0 Å². The Balaban J connectivity index is 0.00000417. The van der Waals surface area contributed by atoms with E-state index in [1.807, 2.05) is 71.5 Å². The third-order valence-electron chi connectivity index (χ3n) is 8.75. The molecule has 237 valence electrons. The molecule has 46 heavy (non-hydrogen) atoms. The van der Waals surface area contributed by atoms with Crippen molar-refractivity contribution < 1.29 is 14.4 Å². The number of fused-ring (bicyclic) bond motifs is 1. The van der Waals surface area contributed by atoms with Crippen molar-refractivity contribution in [2.24, 2.45) is 0 Å². The molecule has 2 N–H and O–H groups in total. The summed E-state index contributed by atoms with van der Waals surface area (Å²) in [6, 6.07) is 15.8. The van der Waals surface area contributed by atoms with Crippen molar-refractivity contribution in [3.05, 3.63) is 92.1 Å². The zero-order valence-corrected chi connectivity index (χ0v) is 30.2. The van der Waals surface area contributed by atoms with E-state index in [0.717, 1.165) is 65.6 Å². The first-order valence-electron chi connectivity index (χ1n) is 15.9. The van der Waals surface area contributed by atoms with Crippen molar-refractivity contribution in [1.29, 1.82) is 0 Å². The first-order chi connectivity index (χ1) is 21.9. The van der Waals surface area contributed by atoms with Gasteiger partial charge in [-0.05, 0) is 62.1 Å². The summed E-state index contributed by atoms with van der Waals surface area (Å²) in [7, 11) is 0. The van der Waals surface area contributed by atoms with Gasteiger partial charge in [0.1, 0.15) is 5.82 Å². The minimum absolute atomic E-state index is 0. The number of hydrogen-bond donors (Lipinski definition) is 2. The van der Waals surface area contributed by atoms with Crippen LogP contribution >= 0.6 is 0 Å². The number of H-pyrrole nitrogens is 1. The van der Waals surface area contributed by atoms with E-state index in [4.69, 9.17) is 19.3 Å². The van der Waals surface area contributed by atoms with Crippen molar-refractivity contribution in [2.45, 2.75) is 90.4 Å². The summed E-state index contributed by atoms with van der Waals surface area (Å²) in [5.74, 6) is 1.02. The summed E-state index contributed by atoms with van der Waals surface area (Å²) < 4.78 is 14.5. The molecule has 1 unspecified atom stereocenters. The molecule has 11 nitrogen and oxygen atoms in total. The van der Waals surface area contributed by atoms with E-state index in [1.54, 1.807) is 0 Å². The van der Waals surface area contributed by atoms with Gasteiger partial charge in [0.05, 0.1) is 24.5 Å². The van der Waals surface area contributed by atoms with E-state index in [9.17, 15) is 14.7 Å². The topological polar surface area (TPSA) is 141 Å². The van der Waals surface area contributed by atoms with E-state index in [1.165, 1.54) is 0 Å². The molecular weight excluding hydrogens is 612 g/mol. The van der Waals surface area contributed by atoms with Gasteiger partial charge in [0, 0.05) is 75.0 Å². The van der Waals surface area contributed by atoms with Gasteiger partial charge in [-0.1, -0.05) is 74.0 Å². The Morgan fingerprint density at radius 2 is 1.76 bits per heavy atom. The summed E-state index contributed by atoms with van der Waals surface area (Å²) in [4.78, 5) is 33.3. The Bertz CT molecular complexity index is 1880. The normalized spacial score (nSPS) is 17.2. The number of nitrogens with one attached hydrogen (secondary N) is 1. The van der Waals surface area contributed by atoms with Gasteiger partial charge in [0.25, 0.3) is 5.56 Å². The quantitative estimate of drug-likeness (QED) is 0.197. The third-order valence-corrected chi connectivity index (χ3v) is 8.75. The number of aromatic amines is 1. The molecule has 0 saturated heterocycles. The van der Waals surface area contributed by atoms with E-state index in [-0.39, 0.29) is 69.1 Å². The average molecular weight is 652 g/mol. The number of aliphatic hydroxyl groups is 1. The fraction of sp³-hybridized carbons (Fsp3) is 0.441. The largest absolute Gasteiger partial charge is 0.439 e. The molecule has 5 aromatic rings. The average Bonchev–Trinajstić information content (AvgIpc) is 3.67. The van der Waals surface area contributed by atoms with Gasteiger partial charge >= 0.3 is 5.76 Å². The SMILES string of the molecule is CCCc1c(Cc2ccc(-c3ccccc3-c3noc(=O)[nH]3)cc2)c(=O)n(C2CCC(OCC(O)CC)CC2)c2nc(C)nn12.[K]. The predicted molar refractivity (Wildman–Crippen MR) is 176 cm³/mol. The Labute approximate surface area is 309 Å². The van der Waals surface area contributed by atoms with Crippen LogP contribution in [0, 0.1) is 6.92 Å². The van der Waals surface area contributed by atoms with E-state index < -0.39 is 11.9 Å². The zero-order chi connectivity index (χ0) is 31.5. The molecule has 0 amide bonds. The molecule has 6 rings (SSSR count). The standard InChI is InChI=1S/C34H40N6O5.K/c1-4-8-30-29(19-22-11-13-23(14-12-22)27-9-6-7-10-28(27)31-36-34(43)45-38-31)32(42)39(33-35-21(3)37-40(30)33)24-15-17-26(18-16-24)44-20-25(41)5-2;/h6-7,9-14,24-26,41H,4-5,8,15-20H2,1-3H3,(H,36,38,43);. The summed E-state index contributed by atoms with van der Waals surface area (Å²) in [5, 5.41) is 18.5. The van der Waals surface area contributed by atoms with Crippen molar-refractivity contribution >= 4 is 57.2 Å². The second-order valence-electron chi connectivity index (χ2n) is 11.9. The Morgan fingerprint density at radius 1 is 1.04 bits per heavy atom. The van der Waals surface area contributed by atoms with Gasteiger partial charge in [0.15, 0.2) is 5.82 Å². The summed E-state index contributed by atoms with van der Waals surface area (Å²) >= 11 is 0. The van der Waals surface area contributed by atoms with Crippen LogP contribution in [0.4, 0.5) is 0 Å². The first-order valence-corrected chi connectivity index (χ1v) is 15.9. The predicted octanol–water partition coefficient (Wildman–Crippen LogP) is 4.64. The Kier molecular flexibility index (Phi) is 11.6. The number of rotatable bonds is 11. The fourth-order valence-corrected chi connectivity index (χ4v) is 6.36. The van der Waals surface area contributed by atoms with Gasteiger partial charge in [-0.25, -0.2) is 9.31 Å². The van der Waals surface area contributed by atoms with Gasteiger partial charge < -0.3 is 9.84 Å². The number of aliphatic hydroxyl groups excluding tert-OH is 1. The van der Waals surface area contributed by atoms with Crippen LogP contribution in [0.3, 0.4) is 0 Å². The number of benzene rings is 2. The fourth-order valence-electron chi connectivity index (χ4n) is 6.36. The molecular formula is C34H40KN6O5. The van der Waals surface area contributed by atoms with Crippen LogP contribution < -0.4 is 11.3 Å². The minimum Gasteiger partial charge on any atom is -0.391 e. The molecule has 1 saturated carbocycles. The molecule has 1 aliphatic rings. The van der Waals surface area contributed by atoms with Crippen LogP contribution in [0.2, 0.25) is 0 Å². The minimum atomic E-state index is -0.601. The molecule has 1 radical (unpaired) electrons. The monoisotopic (exact) mass is 651 g/mol. The van der Waals surface area contributed by atoms with Gasteiger partial charge in [-0.3, -0.25) is 18.9 Å². The molecule has 0 aliphatic heterocycles. The molecule has 0 spiro atoms. The number of ether oxygens (including phenoxy) is 1. The maximum absolute atomic E-state index is 14.4. The van der Waals surface area contributed by atoms with Crippen LogP contribution in [0.25, 0.3) is 28.3 Å². The number of aromatic nitrogens is 6. The molecule has 3 heterocycles. The van der Waals surface area contributed by atoms with Crippen molar-refractivity contribution in [1.82, 2.24) is 29.3 Å². The van der Waals surface area contributed by atoms with E-state index in [2.05, 4.69) is 17.1 Å². The summed E-state index contributed by atoms with van der Waals surface area (Å²) in [5.41, 5.74) is 5.28. The van der Waals surface area contributed by atoms with Crippen LogP contribution in [0.1, 0.15) is 81.1 Å². The molecule has 2 aromatic carbocycles. The first kappa shape index (κ1) is 34.6. The summed E-state index contributed by atoms with van der Waals surface area (Å²) in [6.07, 6.45) is 5.60. The van der Waals surface area contributed by atoms with Gasteiger partial charge in [0.2, 0.25) is 5.78 Å². The number of nitrogens with zero attached hydrogens (tertiary/aromatic N) is 5. The second kappa shape index (κ2) is 15.5. The van der Waals surface area contributed by atoms with E-state index in [0.29, 0.717) is 43.3 Å². The smallest absolute Gasteiger partial charge is 0.391 e. The maximum atomic E-state index is 14.4. The Hall–Kier alpha value is -2.71. The van der Waals surface area contributed by atoms with Crippen LogP contribution in [0.15, 0.2) is 62.6 Å². The zero-order valence-electron chi connectivity index (χ0n) is 27.0. The van der Waals surface area contributed by atoms with Crippen molar-refractivity contribution in [3.63, 3.8) is 0 Å². The van der Waals surface area contributed by atoms with Crippen molar-refractivity contribution in [3.8, 4) is 22.5 Å². The number of aryl methyl sites for hydroxylation is 2. The Morgan fingerprint density at radius 3 is 2.41 bits per heavy atom. The van der Waals surface area contributed by atoms with Gasteiger partial charge in [-0.15, -0.1) is 0 Å².